The molecule has 0 spiro atoms. The van der Waals surface area contributed by atoms with Crippen molar-refractivity contribution in [1.29, 1.82) is 0 Å². The summed E-state index contributed by atoms with van der Waals surface area (Å²) in [5.74, 6) is 0.869. The fraction of sp³-hybridized carbons (Fsp3) is 0.333. The molecule has 2 aromatic rings. The Morgan fingerprint density at radius 1 is 1.29 bits per heavy atom. The molecule has 2 rings (SSSR count). The second kappa shape index (κ2) is 7.02. The summed E-state index contributed by atoms with van der Waals surface area (Å²) in [7, 11) is 0. The molecular formula is C18H22N2O. The van der Waals surface area contributed by atoms with Gasteiger partial charge in [-0.2, -0.15) is 0 Å². The summed E-state index contributed by atoms with van der Waals surface area (Å²) < 4.78 is 1.79. The normalized spacial score (nSPS) is 10.6. The molecule has 21 heavy (non-hydrogen) atoms. The van der Waals surface area contributed by atoms with Crippen LogP contribution in [0.1, 0.15) is 42.4 Å². The summed E-state index contributed by atoms with van der Waals surface area (Å²) in [5, 5.41) is 0. The molecule has 3 nitrogen and oxygen atoms in total. The molecule has 1 aromatic carbocycles. The molecule has 0 aliphatic heterocycles. The number of hydrogen-bond donors (Lipinski definition) is 0. The van der Waals surface area contributed by atoms with Crippen molar-refractivity contribution in [2.45, 2.75) is 39.7 Å². The van der Waals surface area contributed by atoms with Crippen LogP contribution in [0.25, 0.3) is 6.08 Å². The highest BCUT2D eigenvalue weighted by atomic mass is 16.1. The maximum atomic E-state index is 12.7. The van der Waals surface area contributed by atoms with E-state index in [9.17, 15) is 4.79 Å². The van der Waals surface area contributed by atoms with Gasteiger partial charge in [0.15, 0.2) is 0 Å². The third-order valence-electron chi connectivity index (χ3n) is 3.62. The van der Waals surface area contributed by atoms with Crippen molar-refractivity contribution in [2.24, 2.45) is 0 Å². The van der Waals surface area contributed by atoms with Gasteiger partial charge in [0, 0.05) is 6.42 Å². The van der Waals surface area contributed by atoms with E-state index in [2.05, 4.69) is 18.5 Å². The van der Waals surface area contributed by atoms with Crippen molar-refractivity contribution in [1.82, 2.24) is 9.55 Å². The van der Waals surface area contributed by atoms with Crippen molar-refractivity contribution in [3.05, 3.63) is 69.9 Å². The summed E-state index contributed by atoms with van der Waals surface area (Å²) in [4.78, 5) is 17.3. The lowest BCUT2D eigenvalue weighted by Gasteiger charge is -2.14. The molecule has 3 heteroatoms. The van der Waals surface area contributed by atoms with Crippen molar-refractivity contribution in [2.75, 3.05) is 0 Å². The molecule has 1 heterocycles. The number of nitrogens with zero attached hydrogens (tertiary/aromatic N) is 2. The van der Waals surface area contributed by atoms with E-state index in [0.29, 0.717) is 12.1 Å². The Kier molecular flexibility index (Phi) is 5.09. The summed E-state index contributed by atoms with van der Waals surface area (Å²) in [6, 6.07) is 10.0. The smallest absolute Gasteiger partial charge is 0.261 e. The van der Waals surface area contributed by atoms with Gasteiger partial charge in [-0.15, -0.1) is 0 Å². The van der Waals surface area contributed by atoms with Crippen molar-refractivity contribution in [3.63, 3.8) is 0 Å². The van der Waals surface area contributed by atoms with Crippen LogP contribution in [-0.4, -0.2) is 9.55 Å². The lowest BCUT2D eigenvalue weighted by Crippen LogP contribution is -2.28. The predicted molar refractivity (Wildman–Crippen MR) is 87.5 cm³/mol. The van der Waals surface area contributed by atoms with Crippen LogP contribution in [0.3, 0.4) is 0 Å². The van der Waals surface area contributed by atoms with E-state index in [-0.39, 0.29) is 5.56 Å². The minimum atomic E-state index is 0.00690. The van der Waals surface area contributed by atoms with E-state index in [1.165, 1.54) is 0 Å². The molecule has 0 aliphatic carbocycles. The Bertz CT molecular complexity index is 672. The van der Waals surface area contributed by atoms with Gasteiger partial charge in [0.25, 0.3) is 5.56 Å². The highest BCUT2D eigenvalue weighted by molar-refractivity contribution is 5.48. The van der Waals surface area contributed by atoms with Crippen LogP contribution in [0.15, 0.2) is 41.7 Å². The van der Waals surface area contributed by atoms with Crippen LogP contribution in [0.2, 0.25) is 0 Å². The van der Waals surface area contributed by atoms with Crippen molar-refractivity contribution < 1.29 is 0 Å². The summed E-state index contributed by atoms with van der Waals surface area (Å²) in [6.45, 7) is 8.32. The van der Waals surface area contributed by atoms with E-state index >= 15 is 0 Å². The van der Waals surface area contributed by atoms with Crippen LogP contribution in [0, 0.1) is 6.92 Å². The predicted octanol–water partition coefficient (Wildman–Crippen LogP) is 3.59. The van der Waals surface area contributed by atoms with Gasteiger partial charge in [-0.25, -0.2) is 4.98 Å². The molecule has 0 saturated heterocycles. The maximum Gasteiger partial charge on any atom is 0.261 e. The minimum Gasteiger partial charge on any atom is -0.292 e. The zero-order chi connectivity index (χ0) is 15.2. The van der Waals surface area contributed by atoms with Crippen molar-refractivity contribution >= 4 is 6.08 Å². The monoisotopic (exact) mass is 282 g/mol. The average molecular weight is 282 g/mol. The topological polar surface area (TPSA) is 34.9 Å². The van der Waals surface area contributed by atoms with E-state index in [1.54, 1.807) is 10.6 Å². The second-order valence-electron chi connectivity index (χ2n) is 5.21. The van der Waals surface area contributed by atoms with Gasteiger partial charge >= 0.3 is 0 Å². The average Bonchev–Trinajstić information content (AvgIpc) is 2.50. The number of hydrogen-bond acceptors (Lipinski definition) is 2. The number of unbranched alkanes of at least 4 members (excludes halogenated alkanes) is 1. The Balaban J connectivity index is 2.49. The Hall–Kier alpha value is -2.16. The van der Waals surface area contributed by atoms with Crippen LogP contribution >= 0.6 is 0 Å². The first-order valence-corrected chi connectivity index (χ1v) is 7.44. The lowest BCUT2D eigenvalue weighted by atomic mass is 10.1. The quantitative estimate of drug-likeness (QED) is 0.811. The molecule has 0 fully saturated rings. The van der Waals surface area contributed by atoms with E-state index in [1.807, 2.05) is 37.3 Å². The molecular weight excluding hydrogens is 260 g/mol. The highest BCUT2D eigenvalue weighted by Crippen LogP contribution is 2.09. The molecule has 0 aliphatic rings. The first-order valence-electron chi connectivity index (χ1n) is 7.44. The van der Waals surface area contributed by atoms with E-state index in [0.717, 1.165) is 36.3 Å². The fourth-order valence-electron chi connectivity index (χ4n) is 2.42. The first kappa shape index (κ1) is 15.2. The van der Waals surface area contributed by atoms with Gasteiger partial charge < -0.3 is 0 Å². The van der Waals surface area contributed by atoms with Gasteiger partial charge in [-0.1, -0.05) is 56.3 Å². The highest BCUT2D eigenvalue weighted by Gasteiger charge is 2.12. The summed E-state index contributed by atoms with van der Waals surface area (Å²) >= 11 is 0. The summed E-state index contributed by atoms with van der Waals surface area (Å²) in [6.07, 6.45) is 4.56. The molecule has 0 amide bonds. The van der Waals surface area contributed by atoms with Gasteiger partial charge in [0.1, 0.15) is 5.82 Å². The number of benzene rings is 1. The first-order chi connectivity index (χ1) is 10.2. The van der Waals surface area contributed by atoms with Crippen LogP contribution in [-0.2, 0) is 13.0 Å². The third kappa shape index (κ3) is 3.48. The zero-order valence-corrected chi connectivity index (χ0v) is 12.8. The number of aryl methyl sites for hydroxylation is 2. The van der Waals surface area contributed by atoms with Gasteiger partial charge in [0.2, 0.25) is 0 Å². The largest absolute Gasteiger partial charge is 0.292 e. The second-order valence-corrected chi connectivity index (χ2v) is 5.21. The lowest BCUT2D eigenvalue weighted by molar-refractivity contribution is 0.631. The molecule has 0 atom stereocenters. The Morgan fingerprint density at radius 2 is 2.00 bits per heavy atom. The van der Waals surface area contributed by atoms with Crippen molar-refractivity contribution in [3.8, 4) is 0 Å². The maximum absolute atomic E-state index is 12.7. The Morgan fingerprint density at radius 3 is 2.62 bits per heavy atom. The van der Waals surface area contributed by atoms with Gasteiger partial charge in [-0.05, 0) is 18.9 Å². The summed E-state index contributed by atoms with van der Waals surface area (Å²) in [5.41, 5.74) is 2.49. The molecule has 110 valence electrons. The SMILES string of the molecule is C=Cc1c(C)nc(CCCC)n(Cc2ccccc2)c1=O. The van der Waals surface area contributed by atoms with Crippen LogP contribution in [0.5, 0.6) is 0 Å². The molecule has 0 radical (unpaired) electrons. The van der Waals surface area contributed by atoms with E-state index in [4.69, 9.17) is 0 Å². The van der Waals surface area contributed by atoms with Gasteiger partial charge in [0.05, 0.1) is 17.8 Å². The van der Waals surface area contributed by atoms with E-state index < -0.39 is 0 Å². The number of rotatable bonds is 6. The molecule has 0 saturated carbocycles. The third-order valence-corrected chi connectivity index (χ3v) is 3.62. The molecule has 1 aromatic heterocycles. The fourth-order valence-corrected chi connectivity index (χ4v) is 2.42. The minimum absolute atomic E-state index is 0.00690. The van der Waals surface area contributed by atoms with Gasteiger partial charge in [-0.3, -0.25) is 9.36 Å². The van der Waals surface area contributed by atoms with Crippen LogP contribution in [0.4, 0.5) is 0 Å². The van der Waals surface area contributed by atoms with Crippen LogP contribution < -0.4 is 5.56 Å². The molecule has 0 N–H and O–H groups in total. The molecule has 0 unspecified atom stereocenters. The standard InChI is InChI=1S/C18H22N2O/c1-4-6-12-17-19-14(3)16(5-2)18(21)20(17)13-15-10-8-7-9-11-15/h5,7-11H,2,4,6,12-13H2,1,3H3. The molecule has 0 bridgehead atoms. The number of aromatic nitrogens is 2. The Labute approximate surface area is 126 Å². The zero-order valence-electron chi connectivity index (χ0n) is 12.8.